The first-order valence-corrected chi connectivity index (χ1v) is 9.49. The monoisotopic (exact) mass is 351 g/mol. The number of urea groups is 1. The second kappa shape index (κ2) is 8.37. The van der Waals surface area contributed by atoms with Crippen LogP contribution in [0.4, 0.5) is 4.79 Å². The molecule has 26 heavy (non-hydrogen) atoms. The minimum Gasteiger partial charge on any atom is -0.338 e. The highest BCUT2D eigenvalue weighted by atomic mass is 16.2. The minimum absolute atomic E-state index is 0.00728. The normalized spacial score (nSPS) is 16.8. The SMILES string of the molecule is CCNC(=O)N(C)C1(c2ccccc2)CCN(Cc2ccccc2)CC1. The topological polar surface area (TPSA) is 35.6 Å². The summed E-state index contributed by atoms with van der Waals surface area (Å²) in [6.07, 6.45) is 1.88. The number of carbonyl (C=O) groups is 1. The number of piperidine rings is 1. The number of hydrogen-bond acceptors (Lipinski definition) is 2. The van der Waals surface area contributed by atoms with Crippen molar-refractivity contribution in [2.24, 2.45) is 0 Å². The van der Waals surface area contributed by atoms with Gasteiger partial charge in [0.15, 0.2) is 0 Å². The van der Waals surface area contributed by atoms with E-state index in [1.165, 1.54) is 11.1 Å². The van der Waals surface area contributed by atoms with Crippen molar-refractivity contribution in [2.75, 3.05) is 26.7 Å². The Hall–Kier alpha value is -2.33. The lowest BCUT2D eigenvalue weighted by Crippen LogP contribution is -2.55. The van der Waals surface area contributed by atoms with Gasteiger partial charge in [0.05, 0.1) is 5.54 Å². The van der Waals surface area contributed by atoms with E-state index in [4.69, 9.17) is 0 Å². The number of amides is 2. The third-order valence-corrected chi connectivity index (χ3v) is 5.52. The molecule has 0 aromatic heterocycles. The molecule has 2 aromatic carbocycles. The van der Waals surface area contributed by atoms with Gasteiger partial charge in [0.2, 0.25) is 0 Å². The van der Waals surface area contributed by atoms with Gasteiger partial charge in [0, 0.05) is 33.2 Å². The van der Waals surface area contributed by atoms with Gasteiger partial charge in [0.25, 0.3) is 0 Å². The largest absolute Gasteiger partial charge is 0.338 e. The molecule has 0 aliphatic carbocycles. The molecule has 1 heterocycles. The highest BCUT2D eigenvalue weighted by Gasteiger charge is 2.41. The molecule has 4 heteroatoms. The van der Waals surface area contributed by atoms with Crippen molar-refractivity contribution < 1.29 is 4.79 Å². The van der Waals surface area contributed by atoms with E-state index in [0.29, 0.717) is 6.54 Å². The lowest BCUT2D eigenvalue weighted by molar-refractivity contribution is 0.0552. The Morgan fingerprint density at radius 2 is 1.62 bits per heavy atom. The average Bonchev–Trinajstić information content (AvgIpc) is 2.70. The van der Waals surface area contributed by atoms with Gasteiger partial charge in [-0.3, -0.25) is 4.90 Å². The fourth-order valence-corrected chi connectivity index (χ4v) is 3.95. The average molecular weight is 351 g/mol. The Morgan fingerprint density at radius 1 is 1.04 bits per heavy atom. The van der Waals surface area contributed by atoms with Crippen LogP contribution in [0.5, 0.6) is 0 Å². The van der Waals surface area contributed by atoms with Crippen molar-refractivity contribution >= 4 is 6.03 Å². The van der Waals surface area contributed by atoms with E-state index in [1.807, 2.05) is 24.9 Å². The van der Waals surface area contributed by atoms with Crippen molar-refractivity contribution in [3.8, 4) is 0 Å². The Kier molecular flexibility index (Phi) is 5.94. The number of rotatable bonds is 5. The van der Waals surface area contributed by atoms with Gasteiger partial charge in [-0.25, -0.2) is 4.79 Å². The highest BCUT2D eigenvalue weighted by Crippen LogP contribution is 2.38. The number of likely N-dealkylation sites (tertiary alicyclic amines) is 1. The van der Waals surface area contributed by atoms with Crippen molar-refractivity contribution in [3.05, 3.63) is 71.8 Å². The Morgan fingerprint density at radius 3 is 2.19 bits per heavy atom. The molecule has 1 saturated heterocycles. The lowest BCUT2D eigenvalue weighted by atomic mass is 9.79. The van der Waals surface area contributed by atoms with Crippen LogP contribution in [0.2, 0.25) is 0 Å². The second-order valence-electron chi connectivity index (χ2n) is 7.05. The number of nitrogens with zero attached hydrogens (tertiary/aromatic N) is 2. The predicted octanol–water partition coefficient (Wildman–Crippen LogP) is 3.84. The zero-order valence-electron chi connectivity index (χ0n) is 15.8. The van der Waals surface area contributed by atoms with Crippen LogP contribution in [0.15, 0.2) is 60.7 Å². The molecular formula is C22H29N3O. The van der Waals surface area contributed by atoms with E-state index in [0.717, 1.165) is 32.5 Å². The van der Waals surface area contributed by atoms with Crippen LogP contribution in [0.1, 0.15) is 30.9 Å². The van der Waals surface area contributed by atoms with E-state index in [9.17, 15) is 4.79 Å². The maximum absolute atomic E-state index is 12.6. The summed E-state index contributed by atoms with van der Waals surface area (Å²) < 4.78 is 0. The van der Waals surface area contributed by atoms with Gasteiger partial charge in [-0.2, -0.15) is 0 Å². The number of benzene rings is 2. The van der Waals surface area contributed by atoms with Crippen LogP contribution in [-0.4, -0.2) is 42.5 Å². The first-order chi connectivity index (χ1) is 12.7. The van der Waals surface area contributed by atoms with Crippen LogP contribution in [-0.2, 0) is 12.1 Å². The van der Waals surface area contributed by atoms with Crippen molar-refractivity contribution in [1.82, 2.24) is 15.1 Å². The molecule has 0 radical (unpaired) electrons. The lowest BCUT2D eigenvalue weighted by Gasteiger charge is -2.47. The first kappa shape index (κ1) is 18.5. The Balaban J connectivity index is 1.77. The maximum atomic E-state index is 12.6. The highest BCUT2D eigenvalue weighted by molar-refractivity contribution is 5.75. The van der Waals surface area contributed by atoms with E-state index >= 15 is 0 Å². The summed E-state index contributed by atoms with van der Waals surface area (Å²) in [5.74, 6) is 0. The van der Waals surface area contributed by atoms with Gasteiger partial charge in [-0.15, -0.1) is 0 Å². The van der Waals surface area contributed by atoms with Gasteiger partial charge < -0.3 is 10.2 Å². The molecule has 2 amide bonds. The molecule has 2 aromatic rings. The van der Waals surface area contributed by atoms with Crippen LogP contribution in [0, 0.1) is 0 Å². The summed E-state index contributed by atoms with van der Waals surface area (Å²) in [5, 5.41) is 2.96. The molecule has 1 fully saturated rings. The van der Waals surface area contributed by atoms with Gasteiger partial charge in [0.1, 0.15) is 0 Å². The third-order valence-electron chi connectivity index (χ3n) is 5.52. The summed E-state index contributed by atoms with van der Waals surface area (Å²) in [7, 11) is 1.94. The molecule has 138 valence electrons. The number of hydrogen-bond donors (Lipinski definition) is 1. The predicted molar refractivity (Wildman–Crippen MR) is 106 cm³/mol. The molecule has 1 N–H and O–H groups in total. The first-order valence-electron chi connectivity index (χ1n) is 9.49. The zero-order valence-corrected chi connectivity index (χ0v) is 15.8. The van der Waals surface area contributed by atoms with Crippen LogP contribution in [0.25, 0.3) is 0 Å². The van der Waals surface area contributed by atoms with Gasteiger partial charge in [-0.05, 0) is 30.9 Å². The molecule has 0 unspecified atom stereocenters. The van der Waals surface area contributed by atoms with Crippen LogP contribution < -0.4 is 5.32 Å². The van der Waals surface area contributed by atoms with Crippen molar-refractivity contribution in [3.63, 3.8) is 0 Å². The maximum Gasteiger partial charge on any atom is 0.317 e. The van der Waals surface area contributed by atoms with Gasteiger partial charge >= 0.3 is 6.03 Å². The summed E-state index contributed by atoms with van der Waals surface area (Å²) in [6, 6.07) is 21.1. The Labute approximate surface area is 156 Å². The molecule has 0 bridgehead atoms. The van der Waals surface area contributed by atoms with Crippen molar-refractivity contribution in [2.45, 2.75) is 31.8 Å². The van der Waals surface area contributed by atoms with Gasteiger partial charge in [-0.1, -0.05) is 60.7 Å². The fraction of sp³-hybridized carbons (Fsp3) is 0.409. The Bertz CT molecular complexity index is 694. The van der Waals surface area contributed by atoms with E-state index in [-0.39, 0.29) is 11.6 Å². The molecule has 0 saturated carbocycles. The molecule has 0 atom stereocenters. The summed E-state index contributed by atoms with van der Waals surface area (Å²) >= 11 is 0. The molecular weight excluding hydrogens is 322 g/mol. The smallest absolute Gasteiger partial charge is 0.317 e. The molecule has 1 aliphatic rings. The third kappa shape index (κ3) is 3.91. The number of nitrogens with one attached hydrogen (secondary N) is 1. The molecule has 1 aliphatic heterocycles. The molecule has 3 rings (SSSR count). The zero-order chi connectivity index (χ0) is 18.4. The quantitative estimate of drug-likeness (QED) is 0.888. The van der Waals surface area contributed by atoms with Crippen LogP contribution in [0.3, 0.4) is 0 Å². The summed E-state index contributed by atoms with van der Waals surface area (Å²) in [5.41, 5.74) is 2.33. The van der Waals surface area contributed by atoms with Crippen LogP contribution >= 0.6 is 0 Å². The van der Waals surface area contributed by atoms with E-state index < -0.39 is 0 Å². The fourth-order valence-electron chi connectivity index (χ4n) is 3.95. The van der Waals surface area contributed by atoms with E-state index in [2.05, 4.69) is 64.8 Å². The molecule has 0 spiro atoms. The number of carbonyl (C=O) groups excluding carboxylic acids is 1. The standard InChI is InChI=1S/C22H29N3O/c1-3-23-21(26)24(2)22(20-12-8-5-9-13-20)14-16-25(17-15-22)18-19-10-6-4-7-11-19/h4-13H,3,14-18H2,1-2H3,(H,23,26). The summed E-state index contributed by atoms with van der Waals surface area (Å²) in [4.78, 5) is 17.0. The molecule has 4 nitrogen and oxygen atoms in total. The van der Waals surface area contributed by atoms with E-state index in [1.54, 1.807) is 0 Å². The minimum atomic E-state index is -0.242. The van der Waals surface area contributed by atoms with Crippen molar-refractivity contribution in [1.29, 1.82) is 0 Å². The second-order valence-corrected chi connectivity index (χ2v) is 7.05. The summed E-state index contributed by atoms with van der Waals surface area (Å²) in [6.45, 7) is 5.54.